The lowest BCUT2D eigenvalue weighted by Gasteiger charge is -2.21. The van der Waals surface area contributed by atoms with E-state index in [0.29, 0.717) is 30.8 Å². The molecule has 1 aliphatic rings. The van der Waals surface area contributed by atoms with E-state index >= 15 is 0 Å². The summed E-state index contributed by atoms with van der Waals surface area (Å²) in [5.74, 6) is -0.528. The van der Waals surface area contributed by atoms with Crippen LogP contribution in [0.15, 0.2) is 42.5 Å². The SMILES string of the molecule is CCc1cc(C(F)(F)F)n2nc(C3CCN(C(=O)C(C)NC(=O)OCc4ccccc4)C3)cc2n1. The summed E-state index contributed by atoms with van der Waals surface area (Å²) < 4.78 is 46.6. The molecule has 2 amide bonds. The van der Waals surface area contributed by atoms with E-state index in [2.05, 4.69) is 15.4 Å². The average Bonchev–Trinajstić information content (AvgIpc) is 3.48. The zero-order chi connectivity index (χ0) is 25.2. The van der Waals surface area contributed by atoms with E-state index in [9.17, 15) is 22.8 Å². The molecule has 0 aliphatic carbocycles. The highest BCUT2D eigenvalue weighted by atomic mass is 19.4. The Kier molecular flexibility index (Phi) is 6.95. The first-order valence-electron chi connectivity index (χ1n) is 11.4. The van der Waals surface area contributed by atoms with Gasteiger partial charge in [-0.05, 0) is 31.4 Å². The number of benzene rings is 1. The van der Waals surface area contributed by atoms with Crippen molar-refractivity contribution in [2.75, 3.05) is 13.1 Å². The molecule has 0 saturated carbocycles. The number of rotatable bonds is 6. The van der Waals surface area contributed by atoms with E-state index in [1.54, 1.807) is 24.8 Å². The normalized spacial score (nSPS) is 16.9. The number of alkyl carbamates (subject to hydrolysis) is 1. The van der Waals surface area contributed by atoms with Crippen LogP contribution in [0, 0.1) is 0 Å². The number of hydrogen-bond acceptors (Lipinski definition) is 5. The lowest BCUT2D eigenvalue weighted by Crippen LogP contribution is -2.46. The predicted octanol–water partition coefficient (Wildman–Crippen LogP) is 3.94. The number of carbonyl (C=O) groups is 2. The number of carbonyl (C=O) groups excluding carboxylic acids is 2. The Morgan fingerprint density at radius 2 is 1.97 bits per heavy atom. The molecule has 2 aromatic heterocycles. The van der Waals surface area contributed by atoms with Crippen LogP contribution >= 0.6 is 0 Å². The molecule has 3 heterocycles. The second kappa shape index (κ2) is 9.93. The Morgan fingerprint density at radius 1 is 1.23 bits per heavy atom. The molecular formula is C24H26F3N5O3. The van der Waals surface area contributed by atoms with Crippen LogP contribution < -0.4 is 5.32 Å². The third-order valence-electron chi connectivity index (χ3n) is 5.99. The highest BCUT2D eigenvalue weighted by Gasteiger charge is 2.36. The molecule has 1 aliphatic heterocycles. The van der Waals surface area contributed by atoms with Gasteiger partial charge in [0.25, 0.3) is 0 Å². The fourth-order valence-corrected chi connectivity index (χ4v) is 4.11. The van der Waals surface area contributed by atoms with Crippen LogP contribution in [0.25, 0.3) is 5.65 Å². The monoisotopic (exact) mass is 489 g/mol. The number of ether oxygens (including phenoxy) is 1. The van der Waals surface area contributed by atoms with E-state index in [-0.39, 0.29) is 30.6 Å². The Balaban J connectivity index is 1.39. The van der Waals surface area contributed by atoms with Crippen LogP contribution in [-0.4, -0.2) is 50.6 Å². The zero-order valence-electron chi connectivity index (χ0n) is 19.4. The van der Waals surface area contributed by atoms with Crippen molar-refractivity contribution in [3.05, 3.63) is 65.1 Å². The maximum absolute atomic E-state index is 13.5. The molecule has 1 fully saturated rings. The van der Waals surface area contributed by atoms with Crippen LogP contribution in [-0.2, 0) is 28.7 Å². The van der Waals surface area contributed by atoms with E-state index in [1.807, 2.05) is 30.3 Å². The molecule has 0 spiro atoms. The van der Waals surface area contributed by atoms with Gasteiger partial charge in [0.1, 0.15) is 18.3 Å². The molecule has 35 heavy (non-hydrogen) atoms. The molecule has 186 valence electrons. The summed E-state index contributed by atoms with van der Waals surface area (Å²) in [7, 11) is 0. The molecule has 8 nitrogen and oxygen atoms in total. The van der Waals surface area contributed by atoms with Crippen molar-refractivity contribution >= 4 is 17.6 Å². The van der Waals surface area contributed by atoms with Crippen molar-refractivity contribution in [2.24, 2.45) is 0 Å². The first-order valence-corrected chi connectivity index (χ1v) is 11.4. The molecule has 3 aromatic rings. The third-order valence-corrected chi connectivity index (χ3v) is 5.99. The Morgan fingerprint density at radius 3 is 2.66 bits per heavy atom. The van der Waals surface area contributed by atoms with Crippen molar-refractivity contribution in [1.82, 2.24) is 24.8 Å². The van der Waals surface area contributed by atoms with Gasteiger partial charge in [0.15, 0.2) is 5.65 Å². The van der Waals surface area contributed by atoms with Crippen LogP contribution in [0.4, 0.5) is 18.0 Å². The van der Waals surface area contributed by atoms with Crippen LogP contribution in [0.1, 0.15) is 48.8 Å². The number of aryl methyl sites for hydroxylation is 1. The number of nitrogens with one attached hydrogen (secondary N) is 1. The lowest BCUT2D eigenvalue weighted by atomic mass is 10.1. The first-order chi connectivity index (χ1) is 16.7. The topological polar surface area (TPSA) is 88.8 Å². The van der Waals surface area contributed by atoms with Gasteiger partial charge >= 0.3 is 12.3 Å². The molecule has 1 aromatic carbocycles. The standard InChI is InChI=1S/C24H26F3N5O3/c1-3-18-11-20(24(25,26)27)32-21(29-18)12-19(30-32)17-9-10-31(13-17)22(33)15(2)28-23(34)35-14-16-7-5-4-6-8-16/h4-8,11-12,15,17H,3,9-10,13-14H2,1-2H3,(H,28,34). The lowest BCUT2D eigenvalue weighted by molar-refractivity contribution is -0.142. The zero-order valence-corrected chi connectivity index (χ0v) is 19.4. The van der Waals surface area contributed by atoms with Gasteiger partial charge in [-0.15, -0.1) is 0 Å². The number of halogens is 3. The molecule has 1 saturated heterocycles. The van der Waals surface area contributed by atoms with Crippen molar-refractivity contribution < 1.29 is 27.5 Å². The number of amides is 2. The first kappa shape index (κ1) is 24.5. The second-order valence-corrected chi connectivity index (χ2v) is 8.52. The second-order valence-electron chi connectivity index (χ2n) is 8.52. The number of nitrogens with zero attached hydrogens (tertiary/aromatic N) is 4. The van der Waals surface area contributed by atoms with Crippen molar-refractivity contribution in [3.8, 4) is 0 Å². The minimum absolute atomic E-state index is 0.0843. The van der Waals surface area contributed by atoms with E-state index in [0.717, 1.165) is 16.1 Å². The minimum Gasteiger partial charge on any atom is -0.445 e. The van der Waals surface area contributed by atoms with E-state index in [4.69, 9.17) is 4.74 Å². The summed E-state index contributed by atoms with van der Waals surface area (Å²) in [6, 6.07) is 10.9. The summed E-state index contributed by atoms with van der Waals surface area (Å²) in [6.07, 6.45) is -4.36. The predicted molar refractivity (Wildman–Crippen MR) is 121 cm³/mol. The smallest absolute Gasteiger partial charge is 0.433 e. The maximum Gasteiger partial charge on any atom is 0.433 e. The third kappa shape index (κ3) is 5.55. The van der Waals surface area contributed by atoms with Gasteiger partial charge in [-0.3, -0.25) is 4.79 Å². The summed E-state index contributed by atoms with van der Waals surface area (Å²) in [5.41, 5.74) is 0.870. The highest BCUT2D eigenvalue weighted by molar-refractivity contribution is 5.85. The Bertz CT molecular complexity index is 1210. The molecular weight excluding hydrogens is 463 g/mol. The maximum atomic E-state index is 13.5. The summed E-state index contributed by atoms with van der Waals surface area (Å²) >= 11 is 0. The number of fused-ring (bicyclic) bond motifs is 1. The fourth-order valence-electron chi connectivity index (χ4n) is 4.11. The fraction of sp³-hybridized carbons (Fsp3) is 0.417. The van der Waals surface area contributed by atoms with Crippen LogP contribution in [0.3, 0.4) is 0 Å². The molecule has 4 rings (SSSR count). The average molecular weight is 489 g/mol. The summed E-state index contributed by atoms with van der Waals surface area (Å²) in [4.78, 5) is 30.8. The van der Waals surface area contributed by atoms with Crippen molar-refractivity contribution in [1.29, 1.82) is 0 Å². The number of alkyl halides is 3. The molecule has 2 unspecified atom stereocenters. The molecule has 0 bridgehead atoms. The quantitative estimate of drug-likeness (QED) is 0.567. The van der Waals surface area contributed by atoms with Crippen LogP contribution in [0.5, 0.6) is 0 Å². The number of likely N-dealkylation sites (tertiary alicyclic amines) is 1. The van der Waals surface area contributed by atoms with E-state index in [1.165, 1.54) is 0 Å². The van der Waals surface area contributed by atoms with Crippen molar-refractivity contribution in [3.63, 3.8) is 0 Å². The van der Waals surface area contributed by atoms with Crippen molar-refractivity contribution in [2.45, 2.75) is 51.4 Å². The number of hydrogen-bond donors (Lipinski definition) is 1. The van der Waals surface area contributed by atoms with Gasteiger partial charge in [-0.25, -0.2) is 14.3 Å². The van der Waals surface area contributed by atoms with Gasteiger partial charge in [-0.1, -0.05) is 37.3 Å². The van der Waals surface area contributed by atoms with Gasteiger partial charge < -0.3 is 15.0 Å². The molecule has 0 radical (unpaired) electrons. The molecule has 11 heteroatoms. The summed E-state index contributed by atoms with van der Waals surface area (Å²) in [6.45, 7) is 4.08. The molecule has 1 N–H and O–H groups in total. The highest BCUT2D eigenvalue weighted by Crippen LogP contribution is 2.32. The largest absolute Gasteiger partial charge is 0.445 e. The summed E-state index contributed by atoms with van der Waals surface area (Å²) in [5, 5.41) is 6.72. The van der Waals surface area contributed by atoms with Crippen LogP contribution in [0.2, 0.25) is 0 Å². The van der Waals surface area contributed by atoms with Gasteiger partial charge in [-0.2, -0.15) is 18.3 Å². The molecule has 2 atom stereocenters. The van der Waals surface area contributed by atoms with Gasteiger partial charge in [0.05, 0.1) is 5.69 Å². The number of aromatic nitrogens is 3. The van der Waals surface area contributed by atoms with Gasteiger partial charge in [0.2, 0.25) is 5.91 Å². The van der Waals surface area contributed by atoms with Gasteiger partial charge in [0, 0.05) is 30.8 Å². The minimum atomic E-state index is -4.57. The Labute approximate surface area is 200 Å². The van der Waals surface area contributed by atoms with E-state index < -0.39 is 24.0 Å². The Hall–Kier alpha value is -3.63.